The molecule has 2 heterocycles. The summed E-state index contributed by atoms with van der Waals surface area (Å²) in [6, 6.07) is 20.6. The average molecular weight is 345 g/mol. The highest BCUT2D eigenvalue weighted by molar-refractivity contribution is 5.85. The third-order valence-electron chi connectivity index (χ3n) is 5.01. The standard InChI is InChI=1S/C22H23N3O/c26-22(16-18-8-9-19-5-1-2-6-20(19)15-18)25-13-11-24(12-14-25)17-21-7-3-4-10-23-21/h1-10,15H,11-14,16-17H2. The molecule has 1 fully saturated rings. The largest absolute Gasteiger partial charge is 0.340 e. The summed E-state index contributed by atoms with van der Waals surface area (Å²) in [5.74, 6) is 0.220. The fourth-order valence-electron chi connectivity index (χ4n) is 3.51. The van der Waals surface area contributed by atoms with Gasteiger partial charge in [0.25, 0.3) is 0 Å². The molecule has 1 aromatic heterocycles. The molecule has 0 spiro atoms. The van der Waals surface area contributed by atoms with Crippen LogP contribution < -0.4 is 0 Å². The van der Waals surface area contributed by atoms with E-state index in [-0.39, 0.29) is 5.91 Å². The summed E-state index contributed by atoms with van der Waals surface area (Å²) in [7, 11) is 0. The molecule has 0 radical (unpaired) electrons. The zero-order valence-corrected chi connectivity index (χ0v) is 14.8. The maximum absolute atomic E-state index is 12.7. The number of carbonyl (C=O) groups is 1. The summed E-state index contributed by atoms with van der Waals surface area (Å²) in [4.78, 5) is 21.4. The first-order chi connectivity index (χ1) is 12.8. The van der Waals surface area contributed by atoms with E-state index in [1.54, 1.807) is 0 Å². The van der Waals surface area contributed by atoms with Crippen molar-refractivity contribution >= 4 is 16.7 Å². The van der Waals surface area contributed by atoms with Crippen molar-refractivity contribution in [1.29, 1.82) is 0 Å². The highest BCUT2D eigenvalue weighted by Crippen LogP contribution is 2.17. The Morgan fingerprint density at radius 1 is 0.885 bits per heavy atom. The van der Waals surface area contributed by atoms with Crippen LogP contribution in [0.2, 0.25) is 0 Å². The maximum Gasteiger partial charge on any atom is 0.227 e. The summed E-state index contributed by atoms with van der Waals surface area (Å²) in [5.41, 5.74) is 2.17. The van der Waals surface area contributed by atoms with Gasteiger partial charge in [-0.3, -0.25) is 14.7 Å². The van der Waals surface area contributed by atoms with Gasteiger partial charge in [-0.25, -0.2) is 0 Å². The van der Waals surface area contributed by atoms with E-state index in [0.717, 1.165) is 44.0 Å². The van der Waals surface area contributed by atoms with Gasteiger partial charge in [-0.05, 0) is 28.5 Å². The van der Waals surface area contributed by atoms with Gasteiger partial charge in [0.1, 0.15) is 0 Å². The van der Waals surface area contributed by atoms with Crippen LogP contribution in [0.4, 0.5) is 0 Å². The molecule has 2 aromatic carbocycles. The van der Waals surface area contributed by atoms with E-state index in [9.17, 15) is 4.79 Å². The molecular weight excluding hydrogens is 322 g/mol. The van der Waals surface area contributed by atoms with E-state index in [4.69, 9.17) is 0 Å². The van der Waals surface area contributed by atoms with E-state index in [0.29, 0.717) is 6.42 Å². The lowest BCUT2D eigenvalue weighted by atomic mass is 10.0. The Hall–Kier alpha value is -2.72. The molecule has 26 heavy (non-hydrogen) atoms. The van der Waals surface area contributed by atoms with Gasteiger partial charge in [-0.2, -0.15) is 0 Å². The zero-order valence-electron chi connectivity index (χ0n) is 14.8. The van der Waals surface area contributed by atoms with E-state index < -0.39 is 0 Å². The van der Waals surface area contributed by atoms with Gasteiger partial charge in [0.05, 0.1) is 12.1 Å². The summed E-state index contributed by atoms with van der Waals surface area (Å²) in [5, 5.41) is 2.41. The minimum absolute atomic E-state index is 0.220. The van der Waals surface area contributed by atoms with Crippen LogP contribution in [0.3, 0.4) is 0 Å². The van der Waals surface area contributed by atoms with Gasteiger partial charge in [0.15, 0.2) is 0 Å². The second kappa shape index (κ2) is 7.67. The Morgan fingerprint density at radius 3 is 2.42 bits per heavy atom. The lowest BCUT2D eigenvalue weighted by molar-refractivity contribution is -0.132. The maximum atomic E-state index is 12.7. The molecule has 0 N–H and O–H groups in total. The monoisotopic (exact) mass is 345 g/mol. The molecule has 132 valence electrons. The van der Waals surface area contributed by atoms with Crippen LogP contribution in [0.5, 0.6) is 0 Å². The molecule has 4 heteroatoms. The van der Waals surface area contributed by atoms with Crippen molar-refractivity contribution in [2.24, 2.45) is 0 Å². The Balaban J connectivity index is 1.33. The third-order valence-corrected chi connectivity index (χ3v) is 5.01. The Morgan fingerprint density at radius 2 is 1.65 bits per heavy atom. The number of carbonyl (C=O) groups excluding carboxylic acids is 1. The summed E-state index contributed by atoms with van der Waals surface area (Å²) >= 11 is 0. The van der Waals surface area contributed by atoms with Crippen LogP contribution >= 0.6 is 0 Å². The van der Waals surface area contributed by atoms with Crippen LogP contribution in [0.25, 0.3) is 10.8 Å². The number of pyridine rings is 1. The fraction of sp³-hybridized carbons (Fsp3) is 0.273. The van der Waals surface area contributed by atoms with Crippen LogP contribution in [0.15, 0.2) is 66.9 Å². The number of nitrogens with zero attached hydrogens (tertiary/aromatic N) is 3. The molecule has 1 saturated heterocycles. The van der Waals surface area contributed by atoms with Crippen LogP contribution in [-0.4, -0.2) is 46.9 Å². The smallest absolute Gasteiger partial charge is 0.227 e. The summed E-state index contributed by atoms with van der Waals surface area (Å²) in [6.07, 6.45) is 2.31. The molecular formula is C22H23N3O. The van der Waals surface area contributed by atoms with Gasteiger partial charge in [-0.1, -0.05) is 48.5 Å². The normalized spacial score (nSPS) is 15.3. The number of benzene rings is 2. The minimum atomic E-state index is 0.220. The Bertz CT molecular complexity index is 886. The SMILES string of the molecule is O=C(Cc1ccc2ccccc2c1)N1CCN(Cc2ccccn2)CC1. The first-order valence-corrected chi connectivity index (χ1v) is 9.16. The predicted molar refractivity (Wildman–Crippen MR) is 104 cm³/mol. The molecule has 0 unspecified atom stereocenters. The first-order valence-electron chi connectivity index (χ1n) is 9.16. The van der Waals surface area contributed by atoms with Crippen molar-refractivity contribution < 1.29 is 4.79 Å². The second-order valence-corrected chi connectivity index (χ2v) is 6.84. The van der Waals surface area contributed by atoms with Gasteiger partial charge in [0, 0.05) is 38.9 Å². The molecule has 1 amide bonds. The fourth-order valence-corrected chi connectivity index (χ4v) is 3.51. The molecule has 0 atom stereocenters. The summed E-state index contributed by atoms with van der Waals surface area (Å²) < 4.78 is 0. The van der Waals surface area contributed by atoms with Gasteiger partial charge in [-0.15, -0.1) is 0 Å². The Kier molecular flexibility index (Phi) is 4.93. The first kappa shape index (κ1) is 16.7. The van der Waals surface area contributed by atoms with Crippen LogP contribution in [-0.2, 0) is 17.8 Å². The van der Waals surface area contributed by atoms with E-state index in [1.807, 2.05) is 35.4 Å². The number of aromatic nitrogens is 1. The highest BCUT2D eigenvalue weighted by atomic mass is 16.2. The molecule has 4 nitrogen and oxygen atoms in total. The van der Waals surface area contributed by atoms with Gasteiger partial charge < -0.3 is 4.90 Å². The van der Waals surface area contributed by atoms with Crippen molar-refractivity contribution in [2.45, 2.75) is 13.0 Å². The molecule has 3 aromatic rings. The van der Waals surface area contributed by atoms with Crippen LogP contribution in [0.1, 0.15) is 11.3 Å². The second-order valence-electron chi connectivity index (χ2n) is 6.84. The molecule has 0 aliphatic carbocycles. The molecule has 1 aliphatic rings. The zero-order chi connectivity index (χ0) is 17.8. The predicted octanol–water partition coefficient (Wildman–Crippen LogP) is 3.12. The number of hydrogen-bond acceptors (Lipinski definition) is 3. The Labute approximate surface area is 154 Å². The lowest BCUT2D eigenvalue weighted by Gasteiger charge is -2.34. The topological polar surface area (TPSA) is 36.4 Å². The van der Waals surface area contributed by atoms with Crippen molar-refractivity contribution in [3.63, 3.8) is 0 Å². The minimum Gasteiger partial charge on any atom is -0.340 e. The van der Waals surface area contributed by atoms with E-state index >= 15 is 0 Å². The molecule has 1 aliphatic heterocycles. The summed E-state index contributed by atoms with van der Waals surface area (Å²) in [6.45, 7) is 4.24. The molecule has 0 bridgehead atoms. The van der Waals surface area contributed by atoms with Gasteiger partial charge in [0.2, 0.25) is 5.91 Å². The molecule has 0 saturated carbocycles. The van der Waals surface area contributed by atoms with Crippen molar-refractivity contribution in [1.82, 2.24) is 14.8 Å². The quantitative estimate of drug-likeness (QED) is 0.729. The number of hydrogen-bond donors (Lipinski definition) is 0. The van der Waals surface area contributed by atoms with Crippen molar-refractivity contribution in [3.8, 4) is 0 Å². The van der Waals surface area contributed by atoms with E-state index in [1.165, 1.54) is 10.8 Å². The number of fused-ring (bicyclic) bond motifs is 1. The number of rotatable bonds is 4. The van der Waals surface area contributed by atoms with Crippen molar-refractivity contribution in [2.75, 3.05) is 26.2 Å². The van der Waals surface area contributed by atoms with Gasteiger partial charge >= 0.3 is 0 Å². The number of piperazine rings is 1. The van der Waals surface area contributed by atoms with Crippen molar-refractivity contribution in [3.05, 3.63) is 78.1 Å². The highest BCUT2D eigenvalue weighted by Gasteiger charge is 2.21. The van der Waals surface area contributed by atoms with E-state index in [2.05, 4.69) is 46.3 Å². The average Bonchev–Trinajstić information content (AvgIpc) is 2.69. The lowest BCUT2D eigenvalue weighted by Crippen LogP contribution is -2.48. The molecule has 4 rings (SSSR count). The third kappa shape index (κ3) is 3.92. The number of amides is 1. The van der Waals surface area contributed by atoms with Crippen LogP contribution in [0, 0.1) is 0 Å².